The van der Waals surface area contributed by atoms with Crippen molar-refractivity contribution < 1.29 is 9.18 Å². The molecule has 0 bridgehead atoms. The van der Waals surface area contributed by atoms with Crippen molar-refractivity contribution in [1.29, 1.82) is 0 Å². The summed E-state index contributed by atoms with van der Waals surface area (Å²) in [5.41, 5.74) is -0.00802. The van der Waals surface area contributed by atoms with Gasteiger partial charge >= 0.3 is 5.69 Å². The fourth-order valence-electron chi connectivity index (χ4n) is 2.96. The van der Waals surface area contributed by atoms with Gasteiger partial charge in [-0.3, -0.25) is 9.59 Å². The minimum atomic E-state index is -0.618. The van der Waals surface area contributed by atoms with E-state index in [1.165, 1.54) is 30.3 Å². The standard InChI is InChI=1S/C21H13ClFN3O3/c22-16-11-13(23)7-9-17(16)24-19(27)12-6-8-15-18(10-12)25-21(29)26(20(15)28)14-4-2-1-3-5-14/h1-11H,(H,24,27)(H,25,29). The van der Waals surface area contributed by atoms with Gasteiger partial charge in [0.25, 0.3) is 11.5 Å². The van der Waals surface area contributed by atoms with Crippen LogP contribution in [0.1, 0.15) is 10.4 Å². The van der Waals surface area contributed by atoms with Crippen LogP contribution in [0.25, 0.3) is 16.6 Å². The molecule has 6 nitrogen and oxygen atoms in total. The maximum Gasteiger partial charge on any atom is 0.333 e. The first-order valence-electron chi connectivity index (χ1n) is 8.55. The molecule has 0 saturated heterocycles. The topological polar surface area (TPSA) is 84.0 Å². The molecule has 0 aliphatic rings. The van der Waals surface area contributed by atoms with Crippen LogP contribution in [0.2, 0.25) is 5.02 Å². The lowest BCUT2D eigenvalue weighted by atomic mass is 10.1. The number of benzene rings is 3. The highest BCUT2D eigenvalue weighted by Gasteiger charge is 2.13. The quantitative estimate of drug-likeness (QED) is 0.541. The van der Waals surface area contributed by atoms with E-state index in [2.05, 4.69) is 10.3 Å². The Labute approximate surface area is 168 Å². The summed E-state index contributed by atoms with van der Waals surface area (Å²) in [6.45, 7) is 0. The monoisotopic (exact) mass is 409 g/mol. The minimum absolute atomic E-state index is 0.0540. The number of hydrogen-bond acceptors (Lipinski definition) is 3. The average molecular weight is 410 g/mol. The van der Waals surface area contributed by atoms with Gasteiger partial charge in [0.2, 0.25) is 0 Å². The van der Waals surface area contributed by atoms with E-state index in [-0.39, 0.29) is 27.2 Å². The second-order valence-electron chi connectivity index (χ2n) is 6.24. The number of H-pyrrole nitrogens is 1. The van der Waals surface area contributed by atoms with E-state index in [0.717, 1.165) is 10.6 Å². The third kappa shape index (κ3) is 3.55. The molecule has 2 N–H and O–H groups in total. The summed E-state index contributed by atoms with van der Waals surface area (Å²) in [6.07, 6.45) is 0. The molecular weight excluding hydrogens is 397 g/mol. The van der Waals surface area contributed by atoms with Gasteiger partial charge in [0.15, 0.2) is 0 Å². The van der Waals surface area contributed by atoms with Gasteiger partial charge in [-0.15, -0.1) is 0 Å². The van der Waals surface area contributed by atoms with Crippen LogP contribution in [0.4, 0.5) is 10.1 Å². The lowest BCUT2D eigenvalue weighted by Crippen LogP contribution is -2.33. The van der Waals surface area contributed by atoms with Crippen LogP contribution in [0.5, 0.6) is 0 Å². The van der Waals surface area contributed by atoms with Gasteiger partial charge in [-0.1, -0.05) is 29.8 Å². The van der Waals surface area contributed by atoms with Gasteiger partial charge in [-0.2, -0.15) is 0 Å². The van der Waals surface area contributed by atoms with Crippen molar-refractivity contribution in [3.05, 3.63) is 104 Å². The molecular formula is C21H13ClFN3O3. The maximum atomic E-state index is 13.2. The van der Waals surface area contributed by atoms with E-state index in [1.54, 1.807) is 30.3 Å². The molecule has 8 heteroatoms. The maximum absolute atomic E-state index is 13.2. The van der Waals surface area contributed by atoms with Crippen molar-refractivity contribution in [2.75, 3.05) is 5.32 Å². The van der Waals surface area contributed by atoms with Crippen LogP contribution < -0.4 is 16.6 Å². The van der Waals surface area contributed by atoms with Crippen molar-refractivity contribution in [3.8, 4) is 5.69 Å². The largest absolute Gasteiger partial charge is 0.333 e. The Morgan fingerprint density at radius 3 is 2.48 bits per heavy atom. The predicted molar refractivity (Wildman–Crippen MR) is 110 cm³/mol. The highest BCUT2D eigenvalue weighted by atomic mass is 35.5. The zero-order chi connectivity index (χ0) is 20.5. The predicted octanol–water partition coefficient (Wildman–Crippen LogP) is 3.72. The van der Waals surface area contributed by atoms with Gasteiger partial charge in [0.05, 0.1) is 27.3 Å². The van der Waals surface area contributed by atoms with E-state index in [0.29, 0.717) is 5.69 Å². The SMILES string of the molecule is O=C(Nc1ccc(F)cc1Cl)c1ccc2c(=O)n(-c3ccccc3)c(=O)[nH]c2c1. The molecule has 0 atom stereocenters. The van der Waals surface area contributed by atoms with Crippen LogP contribution in [-0.4, -0.2) is 15.5 Å². The molecule has 1 amide bonds. The van der Waals surface area contributed by atoms with Crippen molar-refractivity contribution in [1.82, 2.24) is 9.55 Å². The molecule has 0 fully saturated rings. The van der Waals surface area contributed by atoms with Crippen LogP contribution in [-0.2, 0) is 0 Å². The van der Waals surface area contributed by atoms with E-state index < -0.39 is 23.0 Å². The Morgan fingerprint density at radius 1 is 1.00 bits per heavy atom. The van der Waals surface area contributed by atoms with Crippen LogP contribution >= 0.6 is 11.6 Å². The van der Waals surface area contributed by atoms with Crippen molar-refractivity contribution >= 4 is 34.1 Å². The molecule has 29 heavy (non-hydrogen) atoms. The van der Waals surface area contributed by atoms with Gasteiger partial charge in [-0.05, 0) is 48.5 Å². The van der Waals surface area contributed by atoms with E-state index in [1.807, 2.05) is 0 Å². The fourth-order valence-corrected chi connectivity index (χ4v) is 3.17. The molecule has 0 spiro atoms. The van der Waals surface area contributed by atoms with Crippen LogP contribution in [0.3, 0.4) is 0 Å². The normalized spacial score (nSPS) is 10.8. The Bertz CT molecular complexity index is 1360. The number of carbonyl (C=O) groups excluding carboxylic acids is 1. The van der Waals surface area contributed by atoms with Crippen molar-refractivity contribution in [3.63, 3.8) is 0 Å². The van der Waals surface area contributed by atoms with E-state index in [4.69, 9.17) is 11.6 Å². The van der Waals surface area contributed by atoms with Crippen molar-refractivity contribution in [2.45, 2.75) is 0 Å². The summed E-state index contributed by atoms with van der Waals surface area (Å²) in [4.78, 5) is 40.4. The number of amides is 1. The summed E-state index contributed by atoms with van der Waals surface area (Å²) in [5, 5.41) is 2.88. The highest BCUT2D eigenvalue weighted by Crippen LogP contribution is 2.23. The molecule has 4 aromatic rings. The van der Waals surface area contributed by atoms with Gasteiger partial charge in [0, 0.05) is 5.56 Å². The fraction of sp³-hybridized carbons (Fsp3) is 0. The number of aromatic amines is 1. The minimum Gasteiger partial charge on any atom is -0.321 e. The molecule has 144 valence electrons. The van der Waals surface area contributed by atoms with Crippen molar-refractivity contribution in [2.24, 2.45) is 0 Å². The first-order valence-corrected chi connectivity index (χ1v) is 8.93. The molecule has 1 aromatic heterocycles. The number of halogens is 2. The molecule has 1 heterocycles. The van der Waals surface area contributed by atoms with Gasteiger partial charge < -0.3 is 10.3 Å². The van der Waals surface area contributed by atoms with Crippen LogP contribution in [0.15, 0.2) is 76.3 Å². The van der Waals surface area contributed by atoms with E-state index >= 15 is 0 Å². The number of anilines is 1. The summed E-state index contributed by atoms with van der Waals surface area (Å²) < 4.78 is 14.2. The highest BCUT2D eigenvalue weighted by molar-refractivity contribution is 6.33. The number of hydrogen-bond donors (Lipinski definition) is 2. The number of fused-ring (bicyclic) bond motifs is 1. The smallest absolute Gasteiger partial charge is 0.321 e. The third-order valence-electron chi connectivity index (χ3n) is 4.35. The Hall–Kier alpha value is -3.71. The molecule has 0 aliphatic carbocycles. The van der Waals surface area contributed by atoms with Gasteiger partial charge in [0.1, 0.15) is 5.82 Å². The number of nitrogens with zero attached hydrogens (tertiary/aromatic N) is 1. The average Bonchev–Trinajstić information content (AvgIpc) is 2.70. The lowest BCUT2D eigenvalue weighted by molar-refractivity contribution is 0.102. The summed E-state index contributed by atoms with van der Waals surface area (Å²) in [6, 6.07) is 16.5. The number of nitrogens with one attached hydrogen (secondary N) is 2. The molecule has 0 aliphatic heterocycles. The Morgan fingerprint density at radius 2 is 1.76 bits per heavy atom. The summed E-state index contributed by atoms with van der Waals surface area (Å²) in [7, 11) is 0. The summed E-state index contributed by atoms with van der Waals surface area (Å²) in [5.74, 6) is -1.04. The zero-order valence-electron chi connectivity index (χ0n) is 14.8. The molecule has 3 aromatic carbocycles. The third-order valence-corrected chi connectivity index (χ3v) is 4.67. The molecule has 0 saturated carbocycles. The first kappa shape index (κ1) is 18.6. The second kappa shape index (κ2) is 7.37. The summed E-state index contributed by atoms with van der Waals surface area (Å²) >= 11 is 5.93. The second-order valence-corrected chi connectivity index (χ2v) is 6.65. The Kier molecular flexibility index (Phi) is 4.74. The number of para-hydroxylation sites is 1. The molecule has 4 rings (SSSR count). The molecule has 0 radical (unpaired) electrons. The first-order chi connectivity index (χ1) is 13.9. The lowest BCUT2D eigenvalue weighted by Gasteiger charge is -2.09. The number of rotatable bonds is 3. The zero-order valence-corrected chi connectivity index (χ0v) is 15.5. The number of carbonyl (C=O) groups is 1. The van der Waals surface area contributed by atoms with Gasteiger partial charge in [-0.25, -0.2) is 13.8 Å². The van der Waals surface area contributed by atoms with Crippen LogP contribution in [0, 0.1) is 5.82 Å². The Balaban J connectivity index is 1.74. The molecule has 0 unspecified atom stereocenters. The number of aromatic nitrogens is 2. The van der Waals surface area contributed by atoms with E-state index in [9.17, 15) is 18.8 Å².